The van der Waals surface area contributed by atoms with Gasteiger partial charge in [-0.05, 0) is 12.1 Å². The van der Waals surface area contributed by atoms with E-state index in [0.29, 0.717) is 26.2 Å². The Bertz CT molecular complexity index is 972. The van der Waals surface area contributed by atoms with Crippen molar-refractivity contribution in [2.45, 2.75) is 0 Å². The number of nitrogens with zero attached hydrogens (tertiary/aromatic N) is 3. The summed E-state index contributed by atoms with van der Waals surface area (Å²) in [7, 11) is 5.64. The lowest BCUT2D eigenvalue weighted by atomic mass is 10.1. The molecule has 10 nitrogen and oxygen atoms in total. The van der Waals surface area contributed by atoms with E-state index in [2.05, 4.69) is 4.90 Å². The molecule has 1 aliphatic heterocycles. The summed E-state index contributed by atoms with van der Waals surface area (Å²) >= 11 is 0. The van der Waals surface area contributed by atoms with Crippen molar-refractivity contribution in [3.63, 3.8) is 0 Å². The summed E-state index contributed by atoms with van der Waals surface area (Å²) < 4.78 is 21.1. The van der Waals surface area contributed by atoms with Gasteiger partial charge in [-0.3, -0.25) is 14.9 Å². The lowest BCUT2D eigenvalue weighted by Gasteiger charge is -2.36. The number of nitro benzene ring substituents is 1. The first-order valence-corrected chi connectivity index (χ1v) is 9.61. The second-order valence-electron chi connectivity index (χ2n) is 6.75. The molecule has 0 aromatic heterocycles. The number of carbonyl (C=O) groups is 1. The van der Waals surface area contributed by atoms with E-state index in [4.69, 9.17) is 18.9 Å². The minimum absolute atomic E-state index is 0.0641. The highest BCUT2D eigenvalue weighted by atomic mass is 16.6. The Morgan fingerprint density at radius 2 is 1.52 bits per heavy atom. The molecule has 10 heteroatoms. The Labute approximate surface area is 180 Å². The fourth-order valence-electron chi connectivity index (χ4n) is 3.70. The zero-order chi connectivity index (χ0) is 22.5. The van der Waals surface area contributed by atoms with E-state index in [0.717, 1.165) is 11.4 Å². The second-order valence-corrected chi connectivity index (χ2v) is 6.75. The van der Waals surface area contributed by atoms with E-state index in [1.165, 1.54) is 27.4 Å². The molecule has 0 radical (unpaired) electrons. The van der Waals surface area contributed by atoms with E-state index >= 15 is 0 Å². The summed E-state index contributed by atoms with van der Waals surface area (Å²) in [6.07, 6.45) is 0. The molecule has 0 bridgehead atoms. The van der Waals surface area contributed by atoms with E-state index in [1.54, 1.807) is 12.0 Å². The van der Waals surface area contributed by atoms with Gasteiger partial charge in [-0.25, -0.2) is 0 Å². The Morgan fingerprint density at radius 1 is 0.903 bits per heavy atom. The minimum atomic E-state index is -0.640. The predicted molar refractivity (Wildman–Crippen MR) is 114 cm³/mol. The van der Waals surface area contributed by atoms with E-state index in [-0.39, 0.29) is 22.8 Å². The van der Waals surface area contributed by atoms with Crippen molar-refractivity contribution >= 4 is 17.3 Å². The molecule has 3 rings (SSSR count). The number of rotatable bonds is 7. The van der Waals surface area contributed by atoms with Crippen LogP contribution in [0.1, 0.15) is 10.4 Å². The van der Waals surface area contributed by atoms with Crippen LogP contribution in [0.5, 0.6) is 23.0 Å². The summed E-state index contributed by atoms with van der Waals surface area (Å²) in [5.41, 5.74) is 0.387. The molecule has 1 amide bonds. The SMILES string of the molecule is COc1ccccc1N1CCN(C(=O)c2cc(OC)c(OC)c(OC)c2[N+](=O)[O-])CC1. The van der Waals surface area contributed by atoms with Gasteiger partial charge in [0.2, 0.25) is 11.5 Å². The molecule has 1 aliphatic rings. The Balaban J connectivity index is 1.89. The maximum Gasteiger partial charge on any atom is 0.327 e. The highest BCUT2D eigenvalue weighted by Gasteiger charge is 2.35. The number of amides is 1. The molecular formula is C21H25N3O7. The Hall–Kier alpha value is -3.69. The second kappa shape index (κ2) is 9.41. The third kappa shape index (κ3) is 4.14. The van der Waals surface area contributed by atoms with Crippen molar-refractivity contribution in [3.05, 3.63) is 46.0 Å². The van der Waals surface area contributed by atoms with Crippen LogP contribution in [0.2, 0.25) is 0 Å². The fraction of sp³-hybridized carbons (Fsp3) is 0.381. The first-order valence-electron chi connectivity index (χ1n) is 9.61. The molecule has 2 aromatic rings. The van der Waals surface area contributed by atoms with E-state index in [9.17, 15) is 14.9 Å². The third-order valence-corrected chi connectivity index (χ3v) is 5.21. The molecule has 0 saturated carbocycles. The van der Waals surface area contributed by atoms with Crippen LogP contribution in [0.4, 0.5) is 11.4 Å². The average molecular weight is 431 g/mol. The van der Waals surface area contributed by atoms with E-state index < -0.39 is 16.5 Å². The maximum absolute atomic E-state index is 13.3. The van der Waals surface area contributed by atoms with Gasteiger partial charge in [0.25, 0.3) is 5.91 Å². The van der Waals surface area contributed by atoms with Crippen LogP contribution in [0.25, 0.3) is 0 Å². The van der Waals surface area contributed by atoms with E-state index in [1.807, 2.05) is 24.3 Å². The van der Waals surface area contributed by atoms with Gasteiger partial charge in [0, 0.05) is 32.2 Å². The lowest BCUT2D eigenvalue weighted by molar-refractivity contribution is -0.386. The molecule has 0 aliphatic carbocycles. The topological polar surface area (TPSA) is 104 Å². The number of hydrogen-bond acceptors (Lipinski definition) is 8. The van der Waals surface area contributed by atoms with Gasteiger partial charge >= 0.3 is 5.69 Å². The largest absolute Gasteiger partial charge is 0.495 e. The first kappa shape index (κ1) is 22.0. The summed E-state index contributed by atoms with van der Waals surface area (Å²) in [5, 5.41) is 11.8. The number of nitro groups is 1. The van der Waals surface area contributed by atoms with Gasteiger partial charge in [-0.2, -0.15) is 0 Å². The fourth-order valence-corrected chi connectivity index (χ4v) is 3.70. The molecular weight excluding hydrogens is 406 g/mol. The van der Waals surface area contributed by atoms with Crippen LogP contribution >= 0.6 is 0 Å². The average Bonchev–Trinajstić information content (AvgIpc) is 2.81. The molecule has 0 atom stereocenters. The number of benzene rings is 2. The number of carbonyl (C=O) groups excluding carboxylic acids is 1. The highest BCUT2D eigenvalue weighted by molar-refractivity contribution is 6.00. The van der Waals surface area contributed by atoms with Crippen molar-refractivity contribution < 1.29 is 28.7 Å². The number of methoxy groups -OCH3 is 4. The molecule has 1 heterocycles. The molecule has 0 spiro atoms. The first-order chi connectivity index (χ1) is 15.0. The van der Waals surface area contributed by atoms with Gasteiger partial charge in [-0.1, -0.05) is 12.1 Å². The van der Waals surface area contributed by atoms with Gasteiger partial charge in [0.15, 0.2) is 5.75 Å². The van der Waals surface area contributed by atoms with Crippen LogP contribution in [0.15, 0.2) is 30.3 Å². The molecule has 0 N–H and O–H groups in total. The molecule has 0 unspecified atom stereocenters. The number of hydrogen-bond donors (Lipinski definition) is 0. The normalized spacial score (nSPS) is 13.5. The predicted octanol–water partition coefficient (Wildman–Crippen LogP) is 2.59. The van der Waals surface area contributed by atoms with Crippen LogP contribution in [0, 0.1) is 10.1 Å². The minimum Gasteiger partial charge on any atom is -0.495 e. The number of anilines is 1. The van der Waals surface area contributed by atoms with Crippen LogP contribution in [-0.4, -0.2) is 70.3 Å². The van der Waals surface area contributed by atoms with Crippen molar-refractivity contribution in [2.24, 2.45) is 0 Å². The number of para-hydroxylation sites is 2. The van der Waals surface area contributed by atoms with Gasteiger partial charge in [0.1, 0.15) is 11.3 Å². The van der Waals surface area contributed by atoms with Gasteiger partial charge < -0.3 is 28.7 Å². The smallest absolute Gasteiger partial charge is 0.327 e. The van der Waals surface area contributed by atoms with Crippen LogP contribution in [-0.2, 0) is 0 Å². The summed E-state index contributed by atoms with van der Waals surface area (Å²) in [5.74, 6) is 0.381. The van der Waals surface area contributed by atoms with Crippen molar-refractivity contribution in [3.8, 4) is 23.0 Å². The quantitative estimate of drug-likeness (QED) is 0.487. The molecule has 1 fully saturated rings. The molecule has 2 aromatic carbocycles. The monoisotopic (exact) mass is 431 g/mol. The Morgan fingerprint density at radius 3 is 2.06 bits per heavy atom. The zero-order valence-corrected chi connectivity index (χ0v) is 17.9. The van der Waals surface area contributed by atoms with Crippen molar-refractivity contribution in [1.29, 1.82) is 0 Å². The maximum atomic E-state index is 13.3. The lowest BCUT2D eigenvalue weighted by Crippen LogP contribution is -2.49. The standard InChI is InChI=1S/C21H25N3O7/c1-28-16-8-6-5-7-15(16)22-9-11-23(12-10-22)21(25)14-13-17(29-2)19(30-3)20(31-4)18(14)24(26)27/h5-8,13H,9-12H2,1-4H3. The molecule has 31 heavy (non-hydrogen) atoms. The summed E-state index contributed by atoms with van der Waals surface area (Å²) in [4.78, 5) is 28.1. The number of piperazine rings is 1. The van der Waals surface area contributed by atoms with Gasteiger partial charge in [-0.15, -0.1) is 0 Å². The zero-order valence-electron chi connectivity index (χ0n) is 17.9. The molecule has 166 valence electrons. The van der Waals surface area contributed by atoms with Crippen LogP contribution < -0.4 is 23.8 Å². The highest BCUT2D eigenvalue weighted by Crippen LogP contribution is 2.46. The Kier molecular flexibility index (Phi) is 6.68. The van der Waals surface area contributed by atoms with Crippen molar-refractivity contribution in [2.75, 3.05) is 59.5 Å². The van der Waals surface area contributed by atoms with Crippen LogP contribution in [0.3, 0.4) is 0 Å². The summed E-state index contributed by atoms with van der Waals surface area (Å²) in [6.45, 7) is 1.91. The molecule has 1 saturated heterocycles. The summed E-state index contributed by atoms with van der Waals surface area (Å²) in [6, 6.07) is 8.99. The number of ether oxygens (including phenoxy) is 4. The van der Waals surface area contributed by atoms with Crippen molar-refractivity contribution in [1.82, 2.24) is 4.90 Å². The van der Waals surface area contributed by atoms with Gasteiger partial charge in [0.05, 0.1) is 39.0 Å². The third-order valence-electron chi connectivity index (χ3n) is 5.21.